The molecule has 1 N–H and O–H groups in total. The maximum absolute atomic E-state index is 12.7. The summed E-state index contributed by atoms with van der Waals surface area (Å²) in [5, 5.41) is 2.69. The van der Waals surface area contributed by atoms with Crippen molar-refractivity contribution in [3.63, 3.8) is 0 Å². The summed E-state index contributed by atoms with van der Waals surface area (Å²) in [6, 6.07) is 12.0. The molecule has 0 heterocycles. The van der Waals surface area contributed by atoms with Crippen LogP contribution in [0.3, 0.4) is 0 Å². The fourth-order valence-corrected chi connectivity index (χ4v) is 3.66. The third kappa shape index (κ3) is 4.58. The van der Waals surface area contributed by atoms with Gasteiger partial charge in [0.15, 0.2) is 0 Å². The summed E-state index contributed by atoms with van der Waals surface area (Å²) in [6.45, 7) is 3.36. The third-order valence-electron chi connectivity index (χ3n) is 3.77. The Morgan fingerprint density at radius 2 is 1.76 bits per heavy atom. The number of benzene rings is 2. The number of carbonyl (C=O) groups is 1. The number of nitrogens with one attached hydrogen (secondary N) is 1. The van der Waals surface area contributed by atoms with Crippen molar-refractivity contribution in [2.45, 2.75) is 18.7 Å². The number of anilines is 1. The molecule has 0 aliphatic carbocycles. The molecule has 0 saturated heterocycles. The summed E-state index contributed by atoms with van der Waals surface area (Å²) in [4.78, 5) is 12.3. The monoisotopic (exact) mass is 362 g/mol. The van der Waals surface area contributed by atoms with Crippen molar-refractivity contribution >= 4 is 21.6 Å². The molecular weight excluding hydrogens is 340 g/mol. The molecule has 0 fully saturated rings. The number of likely N-dealkylation sites (N-methyl/N-ethyl adjacent to an activating group) is 1. The highest BCUT2D eigenvalue weighted by atomic mass is 32.2. The van der Waals surface area contributed by atoms with E-state index in [4.69, 9.17) is 4.74 Å². The van der Waals surface area contributed by atoms with Crippen LogP contribution in [-0.4, -0.2) is 39.3 Å². The van der Waals surface area contributed by atoms with Crippen molar-refractivity contribution in [2.24, 2.45) is 0 Å². The lowest BCUT2D eigenvalue weighted by atomic mass is 10.2. The number of aryl methyl sites for hydroxylation is 2. The van der Waals surface area contributed by atoms with Crippen LogP contribution in [0.1, 0.15) is 11.1 Å². The van der Waals surface area contributed by atoms with Gasteiger partial charge in [-0.25, -0.2) is 8.42 Å². The molecule has 25 heavy (non-hydrogen) atoms. The molecule has 6 nitrogen and oxygen atoms in total. The van der Waals surface area contributed by atoms with Crippen molar-refractivity contribution in [2.75, 3.05) is 26.0 Å². The fourth-order valence-electron chi connectivity index (χ4n) is 2.33. The van der Waals surface area contributed by atoms with E-state index in [1.165, 1.54) is 20.2 Å². The second-order valence-electron chi connectivity index (χ2n) is 5.81. The topological polar surface area (TPSA) is 75.7 Å². The van der Waals surface area contributed by atoms with Crippen molar-refractivity contribution < 1.29 is 17.9 Å². The highest BCUT2D eigenvalue weighted by molar-refractivity contribution is 7.89. The van der Waals surface area contributed by atoms with Gasteiger partial charge in [0.25, 0.3) is 0 Å². The van der Waals surface area contributed by atoms with E-state index in [1.54, 1.807) is 31.2 Å². The van der Waals surface area contributed by atoms with Crippen LogP contribution >= 0.6 is 0 Å². The lowest BCUT2D eigenvalue weighted by molar-refractivity contribution is -0.116. The minimum Gasteiger partial charge on any atom is -0.497 e. The molecular formula is C18H22N2O4S. The predicted octanol–water partition coefficient (Wildman–Crippen LogP) is 2.57. The molecule has 0 radical (unpaired) electrons. The second kappa shape index (κ2) is 7.67. The average molecular weight is 362 g/mol. The quantitative estimate of drug-likeness (QED) is 0.857. The molecule has 2 aromatic rings. The van der Waals surface area contributed by atoms with E-state index < -0.39 is 15.9 Å². The molecule has 0 aromatic heterocycles. The highest BCUT2D eigenvalue weighted by Crippen LogP contribution is 2.23. The highest BCUT2D eigenvalue weighted by Gasteiger charge is 2.24. The van der Waals surface area contributed by atoms with Crippen molar-refractivity contribution in [1.82, 2.24) is 4.31 Å². The summed E-state index contributed by atoms with van der Waals surface area (Å²) in [5.74, 6) is 0.178. The van der Waals surface area contributed by atoms with Gasteiger partial charge in [0.2, 0.25) is 15.9 Å². The Kier molecular flexibility index (Phi) is 5.81. The van der Waals surface area contributed by atoms with E-state index in [2.05, 4.69) is 5.32 Å². The molecule has 1 amide bonds. The number of hydrogen-bond donors (Lipinski definition) is 1. The first-order valence-electron chi connectivity index (χ1n) is 7.71. The number of carbonyl (C=O) groups excluding carboxylic acids is 1. The Morgan fingerprint density at radius 1 is 1.12 bits per heavy atom. The molecule has 7 heteroatoms. The Bertz CT molecular complexity index is 861. The number of methoxy groups -OCH3 is 1. The van der Waals surface area contributed by atoms with Crippen LogP contribution in [0.15, 0.2) is 47.4 Å². The van der Waals surface area contributed by atoms with Crippen LogP contribution in [0.25, 0.3) is 0 Å². The molecule has 0 saturated carbocycles. The molecule has 0 bridgehead atoms. The van der Waals surface area contributed by atoms with Gasteiger partial charge in [-0.2, -0.15) is 4.31 Å². The minimum absolute atomic E-state index is 0.152. The molecule has 0 spiro atoms. The molecule has 2 rings (SSSR count). The summed E-state index contributed by atoms with van der Waals surface area (Å²) in [7, 11) is -0.871. The first kappa shape index (κ1) is 19.0. The molecule has 134 valence electrons. The van der Waals surface area contributed by atoms with Crippen LogP contribution in [0.2, 0.25) is 0 Å². The first-order valence-corrected chi connectivity index (χ1v) is 9.15. The standard InChI is InChI=1S/C18H22N2O4S/c1-13-5-7-15(8-6-13)19-18(21)12-20(3)25(22,23)17-10-9-16(24-4)11-14(17)2/h5-11H,12H2,1-4H3,(H,19,21). The van der Waals surface area contributed by atoms with Gasteiger partial charge in [-0.15, -0.1) is 0 Å². The minimum atomic E-state index is -3.77. The normalized spacial score (nSPS) is 11.4. The zero-order valence-electron chi connectivity index (χ0n) is 14.7. The summed E-state index contributed by atoms with van der Waals surface area (Å²) < 4.78 is 31.5. The molecule has 2 aromatic carbocycles. The van der Waals surface area contributed by atoms with Crippen LogP contribution in [0, 0.1) is 13.8 Å². The first-order chi connectivity index (χ1) is 11.7. The lowest BCUT2D eigenvalue weighted by Crippen LogP contribution is -2.35. The molecule has 0 unspecified atom stereocenters. The van der Waals surface area contributed by atoms with E-state index in [9.17, 15) is 13.2 Å². The molecule has 0 aliphatic heterocycles. The van der Waals surface area contributed by atoms with E-state index in [1.807, 2.05) is 19.1 Å². The number of amides is 1. The Balaban J connectivity index is 2.11. The average Bonchev–Trinajstić information content (AvgIpc) is 2.56. The van der Waals surface area contributed by atoms with Crippen molar-refractivity contribution in [3.8, 4) is 5.75 Å². The van der Waals surface area contributed by atoms with Gasteiger partial charge in [0.1, 0.15) is 5.75 Å². The van der Waals surface area contributed by atoms with E-state index in [0.717, 1.165) is 9.87 Å². The van der Waals surface area contributed by atoms with Gasteiger partial charge in [-0.05, 0) is 49.7 Å². The van der Waals surface area contributed by atoms with Crippen LogP contribution in [0.4, 0.5) is 5.69 Å². The van der Waals surface area contributed by atoms with Crippen LogP contribution < -0.4 is 10.1 Å². The third-order valence-corrected chi connectivity index (χ3v) is 5.74. The van der Waals surface area contributed by atoms with Crippen LogP contribution in [-0.2, 0) is 14.8 Å². The number of ether oxygens (including phenoxy) is 1. The van der Waals surface area contributed by atoms with Crippen molar-refractivity contribution in [3.05, 3.63) is 53.6 Å². The summed E-state index contributed by atoms with van der Waals surface area (Å²) in [5.41, 5.74) is 2.26. The fraction of sp³-hybridized carbons (Fsp3) is 0.278. The Hall–Kier alpha value is -2.38. The van der Waals surface area contributed by atoms with Gasteiger partial charge >= 0.3 is 0 Å². The number of sulfonamides is 1. The van der Waals surface area contributed by atoms with E-state index in [-0.39, 0.29) is 11.4 Å². The van der Waals surface area contributed by atoms with Gasteiger partial charge in [0.05, 0.1) is 18.6 Å². The maximum Gasteiger partial charge on any atom is 0.243 e. The molecule has 0 aliphatic rings. The summed E-state index contributed by atoms with van der Waals surface area (Å²) in [6.07, 6.45) is 0. The largest absolute Gasteiger partial charge is 0.497 e. The van der Waals surface area contributed by atoms with Crippen molar-refractivity contribution in [1.29, 1.82) is 0 Å². The molecule has 0 atom stereocenters. The predicted molar refractivity (Wildman–Crippen MR) is 97.4 cm³/mol. The Labute approximate surface area is 148 Å². The zero-order chi connectivity index (χ0) is 18.6. The van der Waals surface area contributed by atoms with E-state index >= 15 is 0 Å². The Morgan fingerprint density at radius 3 is 2.32 bits per heavy atom. The maximum atomic E-state index is 12.7. The van der Waals surface area contributed by atoms with Crippen LogP contribution in [0.5, 0.6) is 5.75 Å². The number of hydrogen-bond acceptors (Lipinski definition) is 4. The second-order valence-corrected chi connectivity index (χ2v) is 7.82. The van der Waals surface area contributed by atoms with Gasteiger partial charge in [-0.3, -0.25) is 4.79 Å². The number of rotatable bonds is 6. The summed E-state index contributed by atoms with van der Waals surface area (Å²) >= 11 is 0. The SMILES string of the molecule is COc1ccc(S(=O)(=O)N(C)CC(=O)Nc2ccc(C)cc2)c(C)c1. The van der Waals surface area contributed by atoms with Gasteiger partial charge < -0.3 is 10.1 Å². The van der Waals surface area contributed by atoms with E-state index in [0.29, 0.717) is 17.0 Å². The lowest BCUT2D eigenvalue weighted by Gasteiger charge is -2.18. The van der Waals surface area contributed by atoms with Gasteiger partial charge in [0, 0.05) is 12.7 Å². The number of nitrogens with zero attached hydrogens (tertiary/aromatic N) is 1. The zero-order valence-corrected chi connectivity index (χ0v) is 15.6. The van der Waals surface area contributed by atoms with Gasteiger partial charge in [-0.1, -0.05) is 17.7 Å². The smallest absolute Gasteiger partial charge is 0.243 e.